The van der Waals surface area contributed by atoms with Crippen LogP contribution in [0.2, 0.25) is 0 Å². The minimum absolute atomic E-state index is 0.0274. The number of hydrogen-bond acceptors (Lipinski definition) is 6. The van der Waals surface area contributed by atoms with Crippen LogP contribution >= 0.6 is 0 Å². The molecule has 0 saturated heterocycles. The minimum Gasteiger partial charge on any atom is -0.497 e. The highest BCUT2D eigenvalue weighted by Crippen LogP contribution is 2.28. The van der Waals surface area contributed by atoms with Crippen molar-refractivity contribution in [2.75, 3.05) is 26.8 Å². The Labute approximate surface area is 214 Å². The second kappa shape index (κ2) is 13.4. The van der Waals surface area contributed by atoms with Crippen LogP contribution in [0.1, 0.15) is 31.2 Å². The van der Waals surface area contributed by atoms with E-state index in [2.05, 4.69) is 11.9 Å². The quantitative estimate of drug-likeness (QED) is 0.393. The summed E-state index contributed by atoms with van der Waals surface area (Å²) in [5.41, 5.74) is 0.894. The minimum atomic E-state index is -3.90. The van der Waals surface area contributed by atoms with Crippen LogP contribution in [0.15, 0.2) is 72.1 Å². The second-order valence-corrected chi connectivity index (χ2v) is 11.0. The van der Waals surface area contributed by atoms with Gasteiger partial charge < -0.3 is 19.9 Å². The molecule has 2 N–H and O–H groups in total. The van der Waals surface area contributed by atoms with E-state index in [4.69, 9.17) is 9.47 Å². The van der Waals surface area contributed by atoms with Gasteiger partial charge in [-0.3, -0.25) is 0 Å². The van der Waals surface area contributed by atoms with Crippen LogP contribution < -0.4 is 10.1 Å². The topological polar surface area (TPSA) is 105 Å². The number of ether oxygens (including phenoxy) is 2. The van der Waals surface area contributed by atoms with Gasteiger partial charge in [0.25, 0.3) is 0 Å². The average molecular weight is 517 g/mol. The van der Waals surface area contributed by atoms with Gasteiger partial charge in [0.15, 0.2) is 0 Å². The maximum Gasteiger partial charge on any atom is 0.407 e. The number of sulfonamides is 1. The molecule has 0 spiro atoms. The van der Waals surface area contributed by atoms with Gasteiger partial charge in [-0.2, -0.15) is 4.31 Å². The molecule has 2 aromatic carbocycles. The molecule has 0 radical (unpaired) electrons. The lowest BCUT2D eigenvalue weighted by atomic mass is 10.0. The molecule has 0 bridgehead atoms. The predicted octanol–water partition coefficient (Wildman–Crippen LogP) is 3.76. The van der Waals surface area contributed by atoms with Gasteiger partial charge in [-0.25, -0.2) is 13.2 Å². The summed E-state index contributed by atoms with van der Waals surface area (Å²) < 4.78 is 38.9. The summed E-state index contributed by atoms with van der Waals surface area (Å²) in [6, 6.07) is 14.9. The lowest BCUT2D eigenvalue weighted by Gasteiger charge is -2.31. The van der Waals surface area contributed by atoms with Gasteiger partial charge in [-0.1, -0.05) is 55.8 Å². The number of alkyl carbamates (subject to hydrolysis) is 1. The molecule has 0 aromatic heterocycles. The van der Waals surface area contributed by atoms with Crippen molar-refractivity contribution >= 4 is 16.1 Å². The number of nitrogens with zero attached hydrogens (tertiary/aromatic N) is 1. The summed E-state index contributed by atoms with van der Waals surface area (Å²) in [6.07, 6.45) is 3.92. The predicted molar refractivity (Wildman–Crippen MR) is 138 cm³/mol. The fraction of sp³-hybridized carbons (Fsp3) is 0.444. The molecule has 9 heteroatoms. The molecular formula is C27H36N2O6S. The number of benzene rings is 2. The van der Waals surface area contributed by atoms with Crippen molar-refractivity contribution < 1.29 is 27.8 Å². The molecule has 0 heterocycles. The fourth-order valence-electron chi connectivity index (χ4n) is 4.46. The maximum absolute atomic E-state index is 13.7. The van der Waals surface area contributed by atoms with E-state index in [-0.39, 0.29) is 24.0 Å². The van der Waals surface area contributed by atoms with Crippen LogP contribution in [-0.2, 0) is 21.2 Å². The summed E-state index contributed by atoms with van der Waals surface area (Å²) >= 11 is 0. The lowest BCUT2D eigenvalue weighted by molar-refractivity contribution is 0.0912. The molecule has 196 valence electrons. The van der Waals surface area contributed by atoms with Crippen molar-refractivity contribution in [3.05, 3.63) is 72.8 Å². The normalized spacial score (nSPS) is 15.9. The van der Waals surface area contributed by atoms with Crippen LogP contribution in [0.25, 0.3) is 0 Å². The first-order valence-corrected chi connectivity index (χ1v) is 13.7. The third-order valence-electron chi connectivity index (χ3n) is 6.42. The van der Waals surface area contributed by atoms with Crippen LogP contribution in [0, 0.1) is 5.92 Å². The smallest absolute Gasteiger partial charge is 0.407 e. The van der Waals surface area contributed by atoms with Gasteiger partial charge in [-0.05, 0) is 55.0 Å². The van der Waals surface area contributed by atoms with Crippen LogP contribution in [0.3, 0.4) is 0 Å². The Balaban J connectivity index is 1.84. The highest BCUT2D eigenvalue weighted by atomic mass is 32.2. The number of aliphatic hydroxyl groups excluding tert-OH is 1. The number of hydrogen-bond donors (Lipinski definition) is 2. The van der Waals surface area contributed by atoms with Gasteiger partial charge in [0.2, 0.25) is 10.0 Å². The van der Waals surface area contributed by atoms with Crippen LogP contribution in [0.4, 0.5) is 4.79 Å². The molecule has 3 rings (SSSR count). The van der Waals surface area contributed by atoms with Crippen molar-refractivity contribution in [3.63, 3.8) is 0 Å². The largest absolute Gasteiger partial charge is 0.497 e. The van der Waals surface area contributed by atoms with Crippen LogP contribution in [0.5, 0.6) is 5.75 Å². The van der Waals surface area contributed by atoms with Crippen molar-refractivity contribution in [3.8, 4) is 5.75 Å². The van der Waals surface area contributed by atoms with Gasteiger partial charge in [0.1, 0.15) is 12.4 Å². The number of carbonyl (C=O) groups is 1. The first-order valence-electron chi connectivity index (χ1n) is 12.2. The van der Waals surface area contributed by atoms with Gasteiger partial charge in [-0.15, -0.1) is 0 Å². The molecule has 8 nitrogen and oxygen atoms in total. The monoisotopic (exact) mass is 516 g/mol. The van der Waals surface area contributed by atoms with E-state index in [9.17, 15) is 18.3 Å². The standard InChI is InChI=1S/C27H36N2O6S/c1-3-17-35-27(31)28-25(18-21-9-5-4-6-10-21)26(30)20-29(19-22-11-7-8-12-22)36(32,33)24-15-13-23(34-2)14-16-24/h3-6,9-10,13-16,22,25-26,30H,1,7-8,11-12,17-20H2,2H3,(H,28,31)/t25?,26-/m0/s1. The summed E-state index contributed by atoms with van der Waals surface area (Å²) in [5.74, 6) is 0.782. The van der Waals surface area contributed by atoms with Crippen LogP contribution in [-0.4, -0.2) is 62.9 Å². The third kappa shape index (κ3) is 7.81. The van der Waals surface area contributed by atoms with Gasteiger partial charge >= 0.3 is 6.09 Å². The number of rotatable bonds is 13. The van der Waals surface area contributed by atoms with E-state index in [1.54, 1.807) is 12.1 Å². The number of nitrogens with one attached hydrogen (secondary N) is 1. The average Bonchev–Trinajstić information content (AvgIpc) is 3.40. The first kappa shape index (κ1) is 27.7. The molecule has 1 aliphatic carbocycles. The number of aliphatic hydroxyl groups is 1. The molecule has 2 aromatic rings. The molecule has 1 aliphatic rings. The zero-order chi connectivity index (χ0) is 26.0. The third-order valence-corrected chi connectivity index (χ3v) is 8.27. The van der Waals surface area contributed by atoms with Crippen molar-refractivity contribution in [1.82, 2.24) is 9.62 Å². The zero-order valence-corrected chi connectivity index (χ0v) is 21.5. The van der Waals surface area contributed by atoms with Crippen molar-refractivity contribution in [2.24, 2.45) is 5.92 Å². The van der Waals surface area contributed by atoms with E-state index in [0.717, 1.165) is 31.2 Å². The van der Waals surface area contributed by atoms with Gasteiger partial charge in [0.05, 0.1) is 24.2 Å². The van der Waals surface area contributed by atoms with E-state index in [1.807, 2.05) is 30.3 Å². The number of methoxy groups -OCH3 is 1. The van der Waals surface area contributed by atoms with Gasteiger partial charge in [0, 0.05) is 13.1 Å². The highest BCUT2D eigenvalue weighted by molar-refractivity contribution is 7.89. The Hall–Kier alpha value is -2.88. The summed E-state index contributed by atoms with van der Waals surface area (Å²) in [5, 5.41) is 14.0. The van der Waals surface area contributed by atoms with E-state index >= 15 is 0 Å². The Kier molecular flexibility index (Phi) is 10.3. The molecule has 0 aliphatic heterocycles. The summed E-state index contributed by atoms with van der Waals surface area (Å²) in [4.78, 5) is 12.4. The molecule has 36 heavy (non-hydrogen) atoms. The van der Waals surface area contributed by atoms with E-state index < -0.39 is 28.3 Å². The zero-order valence-electron chi connectivity index (χ0n) is 20.7. The SMILES string of the molecule is C=CCOC(=O)NC(Cc1ccccc1)[C@@H](O)CN(CC1CCCC1)S(=O)(=O)c1ccc(OC)cc1. The molecule has 1 fully saturated rings. The van der Waals surface area contributed by atoms with E-state index in [1.165, 1.54) is 29.6 Å². The molecular weight excluding hydrogens is 480 g/mol. The Bertz CT molecular complexity index is 1070. The Morgan fingerprint density at radius 3 is 2.44 bits per heavy atom. The molecule has 1 unspecified atom stereocenters. The lowest BCUT2D eigenvalue weighted by Crippen LogP contribution is -2.51. The van der Waals surface area contributed by atoms with Crippen molar-refractivity contribution in [2.45, 2.75) is 49.1 Å². The summed E-state index contributed by atoms with van der Waals surface area (Å²) in [7, 11) is -2.38. The summed E-state index contributed by atoms with van der Waals surface area (Å²) in [6.45, 7) is 3.71. The highest BCUT2D eigenvalue weighted by Gasteiger charge is 2.33. The maximum atomic E-state index is 13.7. The first-order chi connectivity index (χ1) is 17.3. The molecule has 1 amide bonds. The Morgan fingerprint density at radius 1 is 1.17 bits per heavy atom. The number of amides is 1. The Morgan fingerprint density at radius 2 is 1.83 bits per heavy atom. The number of carbonyl (C=O) groups excluding carboxylic acids is 1. The fourth-order valence-corrected chi connectivity index (χ4v) is 6.00. The molecule has 1 saturated carbocycles. The van der Waals surface area contributed by atoms with E-state index in [0.29, 0.717) is 18.7 Å². The second-order valence-electron chi connectivity index (χ2n) is 9.04. The van der Waals surface area contributed by atoms with Crippen molar-refractivity contribution in [1.29, 1.82) is 0 Å². The molecule has 2 atom stereocenters.